The number of anilines is 1. The van der Waals surface area contributed by atoms with Gasteiger partial charge in [-0.2, -0.15) is 0 Å². The summed E-state index contributed by atoms with van der Waals surface area (Å²) in [5, 5.41) is 3.30. The number of amides is 1. The minimum Gasteiger partial charge on any atom is -0.356 e. The number of carbonyl (C=O) groups excluding carboxylic acids is 1. The molecule has 1 fully saturated rings. The fraction of sp³-hybridized carbons (Fsp3) is 0.438. The summed E-state index contributed by atoms with van der Waals surface area (Å²) < 4.78 is 28.0. The number of carbonyl (C=O) groups is 1. The number of benzene rings is 1. The lowest BCUT2D eigenvalue weighted by atomic mass is 9.93. The summed E-state index contributed by atoms with van der Waals surface area (Å²) in [6, 6.07) is 4.38. The Bertz CT molecular complexity index is 729. The molecule has 7 heteroatoms. The highest BCUT2D eigenvalue weighted by atomic mass is 19.1. The van der Waals surface area contributed by atoms with Crippen LogP contribution in [-0.4, -0.2) is 41.2 Å². The molecule has 1 saturated heterocycles. The van der Waals surface area contributed by atoms with Crippen molar-refractivity contribution in [1.29, 1.82) is 0 Å². The molecule has 0 bridgehead atoms. The van der Waals surface area contributed by atoms with Gasteiger partial charge in [0, 0.05) is 44.3 Å². The largest absolute Gasteiger partial charge is 0.356 e. The summed E-state index contributed by atoms with van der Waals surface area (Å²) >= 11 is 0. The Morgan fingerprint density at radius 2 is 2.09 bits per heavy atom. The first-order valence-corrected chi connectivity index (χ1v) is 7.55. The molecule has 5 nitrogen and oxygen atoms in total. The molecule has 3 rings (SSSR count). The quantitative estimate of drug-likeness (QED) is 0.942. The van der Waals surface area contributed by atoms with Gasteiger partial charge in [0.2, 0.25) is 5.91 Å². The lowest BCUT2D eigenvalue weighted by molar-refractivity contribution is -0.119. The first kappa shape index (κ1) is 15.6. The molecule has 2 heterocycles. The molecule has 0 unspecified atom stereocenters. The third-order valence-electron chi connectivity index (χ3n) is 4.19. The van der Waals surface area contributed by atoms with E-state index in [-0.39, 0.29) is 18.3 Å². The zero-order valence-electron chi connectivity index (χ0n) is 12.9. The molecule has 2 aromatic rings. The predicted octanol–water partition coefficient (Wildman–Crippen LogP) is 2.21. The zero-order chi connectivity index (χ0) is 16.4. The Morgan fingerprint density at radius 1 is 1.35 bits per heavy atom. The second-order valence-corrected chi connectivity index (χ2v) is 5.91. The third kappa shape index (κ3) is 3.38. The molecule has 0 saturated carbocycles. The van der Waals surface area contributed by atoms with Crippen LogP contribution in [0.4, 0.5) is 14.6 Å². The highest BCUT2D eigenvalue weighted by molar-refractivity contribution is 5.89. The van der Waals surface area contributed by atoms with Crippen LogP contribution >= 0.6 is 0 Å². The molecule has 0 aliphatic carbocycles. The van der Waals surface area contributed by atoms with Crippen molar-refractivity contribution in [3.05, 3.63) is 30.3 Å². The maximum atomic E-state index is 14.7. The van der Waals surface area contributed by atoms with Crippen molar-refractivity contribution < 1.29 is 13.6 Å². The van der Waals surface area contributed by atoms with Crippen LogP contribution in [-0.2, 0) is 4.79 Å². The number of alkyl halides is 1. The Labute approximate surface area is 132 Å². The Hall–Kier alpha value is -2.31. The first-order valence-electron chi connectivity index (χ1n) is 7.55. The molecule has 0 atom stereocenters. The van der Waals surface area contributed by atoms with Crippen molar-refractivity contribution in [1.82, 2.24) is 15.3 Å². The second kappa shape index (κ2) is 6.06. The van der Waals surface area contributed by atoms with Crippen LogP contribution in [0, 0.1) is 5.82 Å². The van der Waals surface area contributed by atoms with Crippen LogP contribution in [0.3, 0.4) is 0 Å². The molecule has 1 aromatic heterocycles. The van der Waals surface area contributed by atoms with Crippen LogP contribution < -0.4 is 10.2 Å². The Balaban J connectivity index is 1.76. The molecule has 0 radical (unpaired) electrons. The average molecular weight is 320 g/mol. The van der Waals surface area contributed by atoms with Gasteiger partial charge in [-0.25, -0.2) is 18.7 Å². The smallest absolute Gasteiger partial charge is 0.216 e. The zero-order valence-corrected chi connectivity index (χ0v) is 12.9. The fourth-order valence-corrected chi connectivity index (χ4v) is 2.85. The molecular formula is C16H18F2N4O. The average Bonchev–Trinajstić information content (AvgIpc) is 2.53. The number of nitrogens with one attached hydrogen (secondary N) is 1. The van der Waals surface area contributed by atoms with Crippen molar-refractivity contribution in [3.8, 4) is 0 Å². The summed E-state index contributed by atoms with van der Waals surface area (Å²) in [5.41, 5.74) is -0.859. The number of nitrogens with zero attached hydrogens (tertiary/aromatic N) is 3. The lowest BCUT2D eigenvalue weighted by Gasteiger charge is -2.37. The molecule has 122 valence electrons. The predicted molar refractivity (Wildman–Crippen MR) is 83.5 cm³/mol. The van der Waals surface area contributed by atoms with Gasteiger partial charge in [0.05, 0.1) is 12.1 Å². The van der Waals surface area contributed by atoms with Crippen molar-refractivity contribution in [3.63, 3.8) is 0 Å². The van der Waals surface area contributed by atoms with E-state index >= 15 is 0 Å². The van der Waals surface area contributed by atoms with E-state index < -0.39 is 5.67 Å². The Morgan fingerprint density at radius 3 is 2.78 bits per heavy atom. The van der Waals surface area contributed by atoms with Gasteiger partial charge in [0.1, 0.15) is 23.6 Å². The summed E-state index contributed by atoms with van der Waals surface area (Å²) in [6.45, 7) is 2.38. The summed E-state index contributed by atoms with van der Waals surface area (Å²) in [5.74, 6) is 0.115. The Kier molecular flexibility index (Phi) is 4.11. The van der Waals surface area contributed by atoms with E-state index in [0.717, 1.165) is 5.39 Å². The minimum atomic E-state index is -1.39. The van der Waals surface area contributed by atoms with Crippen molar-refractivity contribution in [2.45, 2.75) is 25.4 Å². The molecule has 23 heavy (non-hydrogen) atoms. The number of aromatic nitrogens is 2. The van der Waals surface area contributed by atoms with E-state index in [1.54, 1.807) is 6.07 Å². The fourth-order valence-electron chi connectivity index (χ4n) is 2.85. The van der Waals surface area contributed by atoms with Gasteiger partial charge in [-0.15, -0.1) is 0 Å². The van der Waals surface area contributed by atoms with E-state index in [1.165, 1.54) is 25.4 Å². The maximum absolute atomic E-state index is 14.7. The molecule has 1 aromatic carbocycles. The van der Waals surface area contributed by atoms with E-state index in [1.807, 2.05) is 4.90 Å². The summed E-state index contributed by atoms with van der Waals surface area (Å²) in [6.07, 6.45) is 2.01. The van der Waals surface area contributed by atoms with Crippen molar-refractivity contribution in [2.75, 3.05) is 24.5 Å². The summed E-state index contributed by atoms with van der Waals surface area (Å²) in [4.78, 5) is 21.3. The van der Waals surface area contributed by atoms with Crippen molar-refractivity contribution in [2.24, 2.45) is 0 Å². The molecule has 1 aliphatic heterocycles. The lowest BCUT2D eigenvalue weighted by Crippen LogP contribution is -2.48. The van der Waals surface area contributed by atoms with Crippen LogP contribution in [0.25, 0.3) is 10.9 Å². The van der Waals surface area contributed by atoms with Gasteiger partial charge in [-0.1, -0.05) is 0 Å². The highest BCUT2D eigenvalue weighted by Crippen LogP contribution is 2.31. The number of hydrogen-bond acceptors (Lipinski definition) is 4. The maximum Gasteiger partial charge on any atom is 0.216 e. The molecular weight excluding hydrogens is 302 g/mol. The van der Waals surface area contributed by atoms with Gasteiger partial charge in [0.25, 0.3) is 0 Å². The molecule has 0 spiro atoms. The normalized spacial score (nSPS) is 17.3. The molecule has 1 amide bonds. The second-order valence-electron chi connectivity index (χ2n) is 5.91. The minimum absolute atomic E-state index is 0.0336. The van der Waals surface area contributed by atoms with Crippen LogP contribution in [0.1, 0.15) is 19.8 Å². The topological polar surface area (TPSA) is 58.1 Å². The molecule has 1 N–H and O–H groups in total. The number of rotatable bonds is 3. The number of piperidine rings is 1. The van der Waals surface area contributed by atoms with Gasteiger partial charge in [-0.3, -0.25) is 4.79 Å². The van der Waals surface area contributed by atoms with E-state index in [4.69, 9.17) is 0 Å². The SMILES string of the molecule is CC(=O)NCC1(F)CCN(c2ncnc3cc(F)ccc23)CC1. The van der Waals surface area contributed by atoms with E-state index in [0.29, 0.717) is 37.3 Å². The van der Waals surface area contributed by atoms with Gasteiger partial charge in [-0.05, 0) is 12.1 Å². The molecule has 1 aliphatic rings. The first-order chi connectivity index (χ1) is 11.0. The van der Waals surface area contributed by atoms with Crippen molar-refractivity contribution >= 4 is 22.6 Å². The van der Waals surface area contributed by atoms with Gasteiger partial charge < -0.3 is 10.2 Å². The van der Waals surface area contributed by atoms with Gasteiger partial charge in [0.15, 0.2) is 0 Å². The van der Waals surface area contributed by atoms with Gasteiger partial charge >= 0.3 is 0 Å². The third-order valence-corrected chi connectivity index (χ3v) is 4.19. The highest BCUT2D eigenvalue weighted by Gasteiger charge is 2.35. The number of hydrogen-bond donors (Lipinski definition) is 1. The van der Waals surface area contributed by atoms with E-state index in [9.17, 15) is 13.6 Å². The number of fused-ring (bicyclic) bond motifs is 1. The number of halogens is 2. The van der Waals surface area contributed by atoms with E-state index in [2.05, 4.69) is 15.3 Å². The van der Waals surface area contributed by atoms with Crippen LogP contribution in [0.2, 0.25) is 0 Å². The monoisotopic (exact) mass is 320 g/mol. The summed E-state index contributed by atoms with van der Waals surface area (Å²) in [7, 11) is 0. The van der Waals surface area contributed by atoms with Crippen LogP contribution in [0.15, 0.2) is 24.5 Å². The van der Waals surface area contributed by atoms with Crippen LogP contribution in [0.5, 0.6) is 0 Å². The standard InChI is InChI=1S/C16H18F2N4O/c1-11(23)19-9-16(18)4-6-22(7-5-16)15-13-3-2-12(17)8-14(13)20-10-21-15/h2-3,8,10H,4-7,9H2,1H3,(H,19,23).